The van der Waals surface area contributed by atoms with E-state index in [-0.39, 0.29) is 18.0 Å². The Morgan fingerprint density at radius 1 is 1.43 bits per heavy atom. The molecular weight excluding hydrogens is 292 g/mol. The highest BCUT2D eigenvalue weighted by molar-refractivity contribution is 5.91. The first-order valence-electron chi connectivity index (χ1n) is 8.33. The molecule has 4 heteroatoms. The van der Waals surface area contributed by atoms with E-state index in [0.29, 0.717) is 30.9 Å². The molecule has 1 saturated heterocycles. The molecule has 0 amide bonds. The van der Waals surface area contributed by atoms with E-state index in [1.807, 2.05) is 19.9 Å². The van der Waals surface area contributed by atoms with Gasteiger partial charge in [0, 0.05) is 12.2 Å². The number of hydrogen-bond donors (Lipinski definition) is 1. The molecule has 0 aromatic carbocycles. The van der Waals surface area contributed by atoms with Crippen molar-refractivity contribution in [2.75, 3.05) is 6.61 Å². The summed E-state index contributed by atoms with van der Waals surface area (Å²) < 4.78 is 11.6. The first kappa shape index (κ1) is 18.0. The Hall–Kier alpha value is -1.39. The minimum Gasteiger partial charge on any atom is -0.454 e. The van der Waals surface area contributed by atoms with Crippen LogP contribution < -0.4 is 0 Å². The van der Waals surface area contributed by atoms with Crippen molar-refractivity contribution in [3.05, 3.63) is 35.5 Å². The van der Waals surface area contributed by atoms with E-state index in [2.05, 4.69) is 26.5 Å². The van der Waals surface area contributed by atoms with Gasteiger partial charge in [0.15, 0.2) is 0 Å². The van der Waals surface area contributed by atoms with Crippen molar-refractivity contribution in [3.8, 4) is 0 Å². The monoisotopic (exact) mass is 320 g/mol. The predicted molar refractivity (Wildman–Crippen MR) is 89.8 cm³/mol. The normalized spacial score (nSPS) is 36.8. The van der Waals surface area contributed by atoms with Crippen LogP contribution in [0, 0.1) is 11.8 Å². The smallest absolute Gasteiger partial charge is 0.334 e. The predicted octanol–water partition coefficient (Wildman–Crippen LogP) is 3.17. The Morgan fingerprint density at radius 2 is 2.13 bits per heavy atom. The lowest BCUT2D eigenvalue weighted by atomic mass is 9.85. The number of carbonyl (C=O) groups excluding carboxylic acids is 1. The number of fused-ring (bicyclic) bond motifs is 1. The molecule has 0 spiro atoms. The van der Waals surface area contributed by atoms with Gasteiger partial charge in [0.2, 0.25) is 0 Å². The molecule has 1 heterocycles. The van der Waals surface area contributed by atoms with Gasteiger partial charge >= 0.3 is 5.97 Å². The van der Waals surface area contributed by atoms with Crippen LogP contribution in [0.3, 0.4) is 0 Å². The quantitative estimate of drug-likeness (QED) is 0.493. The lowest BCUT2D eigenvalue weighted by Gasteiger charge is -2.28. The Kier molecular flexibility index (Phi) is 5.82. The third-order valence-corrected chi connectivity index (χ3v) is 4.47. The van der Waals surface area contributed by atoms with Crippen LogP contribution in [0.1, 0.15) is 40.5 Å². The maximum absolute atomic E-state index is 12.0. The highest BCUT2D eigenvalue weighted by Crippen LogP contribution is 2.36. The molecule has 4 atom stereocenters. The van der Waals surface area contributed by atoms with E-state index >= 15 is 0 Å². The molecule has 1 aliphatic heterocycles. The highest BCUT2D eigenvalue weighted by atomic mass is 16.6. The molecule has 4 nitrogen and oxygen atoms in total. The van der Waals surface area contributed by atoms with Crippen LogP contribution in [0.4, 0.5) is 0 Å². The van der Waals surface area contributed by atoms with Gasteiger partial charge in [0.05, 0.1) is 18.1 Å². The average molecular weight is 320 g/mol. The molecular formula is C19H28O4. The van der Waals surface area contributed by atoms with Gasteiger partial charge < -0.3 is 14.6 Å². The fraction of sp³-hybridized carbons (Fsp3) is 0.632. The maximum Gasteiger partial charge on any atom is 0.334 e. The minimum atomic E-state index is -0.550. The van der Waals surface area contributed by atoms with Gasteiger partial charge in [0.1, 0.15) is 6.10 Å². The Balaban J connectivity index is 2.35. The SMILES string of the molecule is C=C1C(=O)O[C@@H]2/C=C(\C)[C@H](O)C/C=C(\C)C[C@H](OCC(C)C)[C@@H]12. The maximum atomic E-state index is 12.0. The summed E-state index contributed by atoms with van der Waals surface area (Å²) in [6.07, 6.45) is 4.08. The van der Waals surface area contributed by atoms with Gasteiger partial charge in [-0.1, -0.05) is 32.1 Å². The lowest BCUT2D eigenvalue weighted by Crippen LogP contribution is -2.33. The van der Waals surface area contributed by atoms with E-state index in [9.17, 15) is 9.90 Å². The molecule has 0 unspecified atom stereocenters. The molecule has 128 valence electrons. The van der Waals surface area contributed by atoms with Crippen molar-refractivity contribution in [3.63, 3.8) is 0 Å². The van der Waals surface area contributed by atoms with E-state index in [1.165, 1.54) is 0 Å². The van der Waals surface area contributed by atoms with Crippen LogP contribution in [-0.2, 0) is 14.3 Å². The Labute approximate surface area is 138 Å². The number of aliphatic hydroxyl groups is 1. The highest BCUT2D eigenvalue weighted by Gasteiger charge is 2.43. The summed E-state index contributed by atoms with van der Waals surface area (Å²) in [5.41, 5.74) is 2.44. The number of aliphatic hydroxyl groups excluding tert-OH is 1. The van der Waals surface area contributed by atoms with Crippen molar-refractivity contribution in [2.24, 2.45) is 11.8 Å². The van der Waals surface area contributed by atoms with Crippen LogP contribution in [0.2, 0.25) is 0 Å². The van der Waals surface area contributed by atoms with Crippen molar-refractivity contribution < 1.29 is 19.4 Å². The standard InChI is InChI=1S/C19H28O4/c1-11(2)10-22-16-8-12(3)6-7-15(20)13(4)9-17-18(16)14(5)19(21)23-17/h6,9,11,15-18,20H,5,7-8,10H2,1-4H3/b12-6+,13-9+/t15-,16+,17-,18-/m1/s1. The van der Waals surface area contributed by atoms with Gasteiger partial charge in [-0.05, 0) is 44.3 Å². The number of carbonyl (C=O) groups is 1. The van der Waals surface area contributed by atoms with Crippen LogP contribution in [-0.4, -0.2) is 36.0 Å². The molecule has 0 aromatic rings. The molecule has 2 rings (SSSR count). The Bertz CT molecular complexity index is 529. The second kappa shape index (κ2) is 7.45. The third-order valence-electron chi connectivity index (χ3n) is 4.47. The second-order valence-corrected chi connectivity index (χ2v) is 7.10. The molecule has 1 aliphatic carbocycles. The first-order valence-corrected chi connectivity index (χ1v) is 8.33. The largest absolute Gasteiger partial charge is 0.454 e. The van der Waals surface area contributed by atoms with Crippen LogP contribution in [0.5, 0.6) is 0 Å². The van der Waals surface area contributed by atoms with Crippen LogP contribution in [0.25, 0.3) is 0 Å². The summed E-state index contributed by atoms with van der Waals surface area (Å²) >= 11 is 0. The zero-order chi connectivity index (χ0) is 17.1. The summed E-state index contributed by atoms with van der Waals surface area (Å²) in [6, 6.07) is 0. The minimum absolute atomic E-state index is 0.142. The van der Waals surface area contributed by atoms with E-state index in [0.717, 1.165) is 11.1 Å². The van der Waals surface area contributed by atoms with Crippen molar-refractivity contribution >= 4 is 5.97 Å². The van der Waals surface area contributed by atoms with Crippen LogP contribution in [0.15, 0.2) is 35.5 Å². The number of ether oxygens (including phenoxy) is 2. The molecule has 0 bridgehead atoms. The number of hydrogen-bond acceptors (Lipinski definition) is 4. The summed E-state index contributed by atoms with van der Waals surface area (Å²) in [6.45, 7) is 12.7. The fourth-order valence-electron chi connectivity index (χ4n) is 3.06. The van der Waals surface area contributed by atoms with Crippen molar-refractivity contribution in [1.29, 1.82) is 0 Å². The molecule has 2 aliphatic rings. The van der Waals surface area contributed by atoms with Gasteiger partial charge in [-0.25, -0.2) is 4.79 Å². The molecule has 0 saturated carbocycles. The number of esters is 1. The number of rotatable bonds is 3. The molecule has 0 aromatic heterocycles. The molecule has 1 N–H and O–H groups in total. The van der Waals surface area contributed by atoms with Gasteiger partial charge in [-0.3, -0.25) is 0 Å². The molecule has 1 fully saturated rings. The van der Waals surface area contributed by atoms with Crippen LogP contribution >= 0.6 is 0 Å². The first-order chi connectivity index (χ1) is 10.8. The zero-order valence-electron chi connectivity index (χ0n) is 14.5. The average Bonchev–Trinajstić information content (AvgIpc) is 2.75. The van der Waals surface area contributed by atoms with Crippen molar-refractivity contribution in [1.82, 2.24) is 0 Å². The van der Waals surface area contributed by atoms with E-state index < -0.39 is 12.2 Å². The van der Waals surface area contributed by atoms with Gasteiger partial charge in [-0.2, -0.15) is 0 Å². The topological polar surface area (TPSA) is 55.8 Å². The lowest BCUT2D eigenvalue weighted by molar-refractivity contribution is -0.137. The molecule has 23 heavy (non-hydrogen) atoms. The van der Waals surface area contributed by atoms with Gasteiger partial charge in [0.25, 0.3) is 0 Å². The third kappa shape index (κ3) is 4.33. The Morgan fingerprint density at radius 3 is 2.78 bits per heavy atom. The second-order valence-electron chi connectivity index (χ2n) is 7.10. The van der Waals surface area contributed by atoms with E-state index in [1.54, 1.807) is 0 Å². The zero-order valence-corrected chi connectivity index (χ0v) is 14.5. The van der Waals surface area contributed by atoms with Crippen molar-refractivity contribution in [2.45, 2.75) is 58.8 Å². The fourth-order valence-corrected chi connectivity index (χ4v) is 3.06. The molecule has 0 radical (unpaired) electrons. The summed E-state index contributed by atoms with van der Waals surface area (Å²) in [4.78, 5) is 12.0. The van der Waals surface area contributed by atoms with E-state index in [4.69, 9.17) is 9.47 Å². The summed E-state index contributed by atoms with van der Waals surface area (Å²) in [7, 11) is 0. The summed E-state index contributed by atoms with van der Waals surface area (Å²) in [5.74, 6) is -0.152. The van der Waals surface area contributed by atoms with Gasteiger partial charge in [-0.15, -0.1) is 0 Å². The summed E-state index contributed by atoms with van der Waals surface area (Å²) in [5, 5.41) is 10.2.